The fourth-order valence-corrected chi connectivity index (χ4v) is 1.60. The van der Waals surface area contributed by atoms with E-state index in [1.54, 1.807) is 18.2 Å². The van der Waals surface area contributed by atoms with Gasteiger partial charge in [0.25, 0.3) is 0 Å². The molecule has 17 heavy (non-hydrogen) atoms. The van der Waals surface area contributed by atoms with Crippen LogP contribution in [0.5, 0.6) is 0 Å². The highest BCUT2D eigenvalue weighted by molar-refractivity contribution is 6.09. The maximum Gasteiger partial charge on any atom is 0.198 e. The number of hydrogen-bond donors (Lipinski definition) is 0. The van der Waals surface area contributed by atoms with Crippen molar-refractivity contribution in [3.63, 3.8) is 0 Å². The average Bonchev–Trinajstić information content (AvgIpc) is 2.35. The molecule has 0 aromatic heterocycles. The SMILES string of the molecule is Cc1ccc(F)c(C(=O)c2ccccc2)c1F. The lowest BCUT2D eigenvalue weighted by Gasteiger charge is -2.06. The average molecular weight is 232 g/mol. The molecule has 2 rings (SSSR count). The predicted molar refractivity (Wildman–Crippen MR) is 61.0 cm³/mol. The second-order valence-electron chi connectivity index (χ2n) is 3.75. The molecule has 0 atom stereocenters. The number of carbonyl (C=O) groups is 1. The summed E-state index contributed by atoms with van der Waals surface area (Å²) in [5, 5.41) is 0. The van der Waals surface area contributed by atoms with E-state index in [0.717, 1.165) is 6.07 Å². The third-order valence-corrected chi connectivity index (χ3v) is 2.55. The van der Waals surface area contributed by atoms with E-state index in [2.05, 4.69) is 0 Å². The molecule has 0 aliphatic carbocycles. The molecule has 0 unspecified atom stereocenters. The number of benzene rings is 2. The Balaban J connectivity index is 2.56. The van der Waals surface area contributed by atoms with Gasteiger partial charge < -0.3 is 0 Å². The summed E-state index contributed by atoms with van der Waals surface area (Å²) in [5.41, 5.74) is 0.0396. The molecule has 0 N–H and O–H groups in total. The largest absolute Gasteiger partial charge is 0.288 e. The van der Waals surface area contributed by atoms with E-state index in [4.69, 9.17) is 0 Å². The van der Waals surface area contributed by atoms with Gasteiger partial charge in [0.1, 0.15) is 11.6 Å². The van der Waals surface area contributed by atoms with Crippen LogP contribution in [0, 0.1) is 18.6 Å². The highest BCUT2D eigenvalue weighted by Crippen LogP contribution is 2.19. The van der Waals surface area contributed by atoms with Crippen LogP contribution >= 0.6 is 0 Å². The number of rotatable bonds is 2. The van der Waals surface area contributed by atoms with Crippen LogP contribution in [0.25, 0.3) is 0 Å². The molecular formula is C14H10F2O. The minimum Gasteiger partial charge on any atom is -0.288 e. The predicted octanol–water partition coefficient (Wildman–Crippen LogP) is 3.50. The Hall–Kier alpha value is -2.03. The van der Waals surface area contributed by atoms with Crippen molar-refractivity contribution in [3.05, 3.63) is 70.8 Å². The molecule has 2 aromatic rings. The van der Waals surface area contributed by atoms with Gasteiger partial charge >= 0.3 is 0 Å². The van der Waals surface area contributed by atoms with Crippen molar-refractivity contribution in [2.75, 3.05) is 0 Å². The standard InChI is InChI=1S/C14H10F2O/c1-9-7-8-11(15)12(13(9)16)14(17)10-5-3-2-4-6-10/h2-8H,1H3. The van der Waals surface area contributed by atoms with Crippen LogP contribution in [0.4, 0.5) is 8.78 Å². The summed E-state index contributed by atoms with van der Waals surface area (Å²) in [4.78, 5) is 12.0. The maximum atomic E-state index is 13.7. The van der Waals surface area contributed by atoms with E-state index in [-0.39, 0.29) is 11.1 Å². The number of halogens is 2. The summed E-state index contributed by atoms with van der Waals surface area (Å²) in [6, 6.07) is 10.5. The lowest BCUT2D eigenvalue weighted by Crippen LogP contribution is -2.08. The summed E-state index contributed by atoms with van der Waals surface area (Å²) >= 11 is 0. The molecular weight excluding hydrogens is 222 g/mol. The van der Waals surface area contributed by atoms with Gasteiger partial charge in [-0.3, -0.25) is 4.79 Å². The van der Waals surface area contributed by atoms with Crippen LogP contribution < -0.4 is 0 Å². The molecule has 2 aromatic carbocycles. The lowest BCUT2D eigenvalue weighted by molar-refractivity contribution is 0.103. The zero-order valence-electron chi connectivity index (χ0n) is 9.21. The highest BCUT2D eigenvalue weighted by atomic mass is 19.1. The topological polar surface area (TPSA) is 17.1 Å². The Morgan fingerprint density at radius 3 is 2.29 bits per heavy atom. The van der Waals surface area contributed by atoms with Crippen molar-refractivity contribution >= 4 is 5.78 Å². The first-order valence-electron chi connectivity index (χ1n) is 5.15. The van der Waals surface area contributed by atoms with Gasteiger partial charge in [0.15, 0.2) is 5.78 Å². The monoisotopic (exact) mass is 232 g/mol. The second-order valence-corrected chi connectivity index (χ2v) is 3.75. The number of ketones is 1. The summed E-state index contributed by atoms with van der Waals surface area (Å²) < 4.78 is 27.2. The summed E-state index contributed by atoms with van der Waals surface area (Å²) in [6.45, 7) is 1.50. The van der Waals surface area contributed by atoms with E-state index in [1.165, 1.54) is 25.1 Å². The first kappa shape index (κ1) is 11.5. The molecule has 0 bridgehead atoms. The summed E-state index contributed by atoms with van der Waals surface area (Å²) in [6.07, 6.45) is 0. The van der Waals surface area contributed by atoms with Crippen molar-refractivity contribution in [3.8, 4) is 0 Å². The Bertz CT molecular complexity index is 562. The van der Waals surface area contributed by atoms with E-state index >= 15 is 0 Å². The number of carbonyl (C=O) groups excluding carboxylic acids is 1. The van der Waals surface area contributed by atoms with Gasteiger partial charge in [-0.2, -0.15) is 0 Å². The lowest BCUT2D eigenvalue weighted by atomic mass is 10.0. The van der Waals surface area contributed by atoms with E-state index in [9.17, 15) is 13.6 Å². The zero-order valence-corrected chi connectivity index (χ0v) is 9.21. The van der Waals surface area contributed by atoms with Crippen LogP contribution in [-0.4, -0.2) is 5.78 Å². The van der Waals surface area contributed by atoms with Crippen molar-refractivity contribution in [2.24, 2.45) is 0 Å². The van der Waals surface area contributed by atoms with Crippen LogP contribution in [0.1, 0.15) is 21.5 Å². The molecule has 0 saturated carbocycles. The van der Waals surface area contributed by atoms with Gasteiger partial charge in [0.05, 0.1) is 5.56 Å². The Labute approximate surface area is 97.7 Å². The molecule has 86 valence electrons. The van der Waals surface area contributed by atoms with Gasteiger partial charge in [-0.15, -0.1) is 0 Å². The highest BCUT2D eigenvalue weighted by Gasteiger charge is 2.19. The smallest absolute Gasteiger partial charge is 0.198 e. The van der Waals surface area contributed by atoms with Crippen molar-refractivity contribution in [1.82, 2.24) is 0 Å². The Morgan fingerprint density at radius 2 is 1.65 bits per heavy atom. The molecule has 0 heterocycles. The van der Waals surface area contributed by atoms with Gasteiger partial charge in [-0.05, 0) is 18.6 Å². The van der Waals surface area contributed by atoms with Gasteiger partial charge in [-0.25, -0.2) is 8.78 Å². The molecule has 3 heteroatoms. The fraction of sp³-hybridized carbons (Fsp3) is 0.0714. The van der Waals surface area contributed by atoms with Crippen LogP contribution in [-0.2, 0) is 0 Å². The van der Waals surface area contributed by atoms with Crippen molar-refractivity contribution in [2.45, 2.75) is 6.92 Å². The minimum absolute atomic E-state index is 0.255. The first-order valence-corrected chi connectivity index (χ1v) is 5.15. The van der Waals surface area contributed by atoms with Gasteiger partial charge in [0.2, 0.25) is 0 Å². The third-order valence-electron chi connectivity index (χ3n) is 2.55. The van der Waals surface area contributed by atoms with Crippen LogP contribution in [0.3, 0.4) is 0 Å². The maximum absolute atomic E-state index is 13.7. The van der Waals surface area contributed by atoms with Crippen molar-refractivity contribution in [1.29, 1.82) is 0 Å². The Kier molecular flexibility index (Phi) is 3.00. The summed E-state index contributed by atoms with van der Waals surface area (Å²) in [7, 11) is 0. The molecule has 0 fully saturated rings. The van der Waals surface area contributed by atoms with E-state index in [1.807, 2.05) is 0 Å². The third kappa shape index (κ3) is 2.09. The molecule has 0 radical (unpaired) electrons. The fourth-order valence-electron chi connectivity index (χ4n) is 1.60. The molecule has 0 amide bonds. The quantitative estimate of drug-likeness (QED) is 0.724. The molecule has 0 saturated heterocycles. The Morgan fingerprint density at radius 1 is 1.00 bits per heavy atom. The van der Waals surface area contributed by atoms with Gasteiger partial charge in [0, 0.05) is 5.56 Å². The number of aryl methyl sites for hydroxylation is 1. The number of hydrogen-bond acceptors (Lipinski definition) is 1. The normalized spacial score (nSPS) is 10.3. The molecule has 0 aliphatic rings. The van der Waals surface area contributed by atoms with E-state index < -0.39 is 23.0 Å². The molecule has 0 aliphatic heterocycles. The molecule has 1 nitrogen and oxygen atoms in total. The van der Waals surface area contributed by atoms with Gasteiger partial charge in [-0.1, -0.05) is 36.4 Å². The molecule has 0 spiro atoms. The minimum atomic E-state index is -0.832. The van der Waals surface area contributed by atoms with Crippen LogP contribution in [0.15, 0.2) is 42.5 Å². The van der Waals surface area contributed by atoms with Crippen LogP contribution in [0.2, 0.25) is 0 Å². The van der Waals surface area contributed by atoms with Crippen molar-refractivity contribution < 1.29 is 13.6 Å². The first-order chi connectivity index (χ1) is 8.11. The zero-order chi connectivity index (χ0) is 12.4. The second kappa shape index (κ2) is 4.45. The summed E-state index contributed by atoms with van der Waals surface area (Å²) in [5.74, 6) is -2.26. The van der Waals surface area contributed by atoms with E-state index in [0.29, 0.717) is 0 Å².